The largest absolute Gasteiger partial charge is 0.478 e. The van der Waals surface area contributed by atoms with Gasteiger partial charge in [0.15, 0.2) is 0 Å². The number of nitrogens with zero attached hydrogens (tertiary/aromatic N) is 1. The van der Waals surface area contributed by atoms with Crippen molar-refractivity contribution < 1.29 is 19.5 Å². The molecule has 36 heavy (non-hydrogen) atoms. The lowest BCUT2D eigenvalue weighted by atomic mass is 9.48. The number of hydrogen-bond donors (Lipinski definition) is 2. The predicted molar refractivity (Wildman–Crippen MR) is 141 cm³/mol. The van der Waals surface area contributed by atoms with Crippen LogP contribution in [-0.4, -0.2) is 39.0 Å². The van der Waals surface area contributed by atoms with Crippen molar-refractivity contribution in [1.29, 1.82) is 0 Å². The Hall–Kier alpha value is -2.11. The summed E-state index contributed by atoms with van der Waals surface area (Å²) in [6.07, 6.45) is 10.6. The molecule has 2 saturated carbocycles. The highest BCUT2D eigenvalue weighted by Crippen LogP contribution is 2.66. The summed E-state index contributed by atoms with van der Waals surface area (Å²) in [5.41, 5.74) is 0.596. The van der Waals surface area contributed by atoms with Gasteiger partial charge < -0.3 is 10.4 Å². The number of imide groups is 1. The SMILES string of the molecule is CC(C)(C)NC(=O)N(C(=O)[C@H]1CC[C@H]2[C@@H]3CC=C4C=C(C(=O)O)CC[C@]4(C)[C@H]3CC[C@]12C)C(C)(C)C. The smallest absolute Gasteiger partial charge is 0.331 e. The van der Waals surface area contributed by atoms with Gasteiger partial charge in [0, 0.05) is 22.6 Å². The molecule has 0 unspecified atom stereocenters. The zero-order valence-corrected chi connectivity index (χ0v) is 23.5. The Morgan fingerprint density at radius 3 is 2.25 bits per heavy atom. The summed E-state index contributed by atoms with van der Waals surface area (Å²) >= 11 is 0. The van der Waals surface area contributed by atoms with E-state index in [-0.39, 0.29) is 28.7 Å². The minimum absolute atomic E-state index is 0.00926. The van der Waals surface area contributed by atoms with Gasteiger partial charge in [-0.15, -0.1) is 0 Å². The minimum Gasteiger partial charge on any atom is -0.478 e. The van der Waals surface area contributed by atoms with E-state index in [4.69, 9.17) is 0 Å². The van der Waals surface area contributed by atoms with Crippen LogP contribution in [0.25, 0.3) is 0 Å². The maximum absolute atomic E-state index is 14.1. The van der Waals surface area contributed by atoms with Crippen LogP contribution in [0.5, 0.6) is 0 Å². The molecule has 0 bridgehead atoms. The molecule has 0 aromatic rings. The summed E-state index contributed by atoms with van der Waals surface area (Å²) in [6.45, 7) is 16.3. The van der Waals surface area contributed by atoms with E-state index in [0.29, 0.717) is 29.7 Å². The van der Waals surface area contributed by atoms with Gasteiger partial charge in [-0.25, -0.2) is 9.59 Å². The van der Waals surface area contributed by atoms with Crippen molar-refractivity contribution in [1.82, 2.24) is 10.2 Å². The Bertz CT molecular complexity index is 1010. The summed E-state index contributed by atoms with van der Waals surface area (Å²) in [5, 5.41) is 12.5. The molecule has 0 aromatic heterocycles. The van der Waals surface area contributed by atoms with Crippen molar-refractivity contribution in [2.45, 2.75) is 111 Å². The number of hydrogen-bond acceptors (Lipinski definition) is 3. The number of urea groups is 1. The second-order valence-electron chi connectivity index (χ2n) is 14.4. The van der Waals surface area contributed by atoms with Crippen LogP contribution < -0.4 is 5.32 Å². The van der Waals surface area contributed by atoms with Gasteiger partial charge in [0.1, 0.15) is 0 Å². The topological polar surface area (TPSA) is 86.7 Å². The number of nitrogens with one attached hydrogen (secondary N) is 1. The molecule has 0 saturated heterocycles. The van der Waals surface area contributed by atoms with Crippen molar-refractivity contribution in [3.05, 3.63) is 23.3 Å². The number of amides is 3. The van der Waals surface area contributed by atoms with E-state index in [2.05, 4.69) is 25.2 Å². The first kappa shape index (κ1) is 26.9. The number of aliphatic carboxylic acids is 1. The van der Waals surface area contributed by atoms with E-state index in [1.165, 1.54) is 10.5 Å². The third-order valence-electron chi connectivity index (χ3n) is 9.92. The number of carbonyl (C=O) groups excluding carboxylic acids is 2. The summed E-state index contributed by atoms with van der Waals surface area (Å²) in [6, 6.07) is -0.304. The van der Waals surface area contributed by atoms with Gasteiger partial charge in [0.2, 0.25) is 5.91 Å². The van der Waals surface area contributed by atoms with E-state index in [1.54, 1.807) is 0 Å². The molecule has 6 atom stereocenters. The predicted octanol–water partition coefficient (Wildman–Crippen LogP) is 6.32. The fourth-order valence-corrected chi connectivity index (χ4v) is 8.17. The minimum atomic E-state index is -0.799. The highest BCUT2D eigenvalue weighted by atomic mass is 16.4. The Morgan fingerprint density at radius 2 is 1.67 bits per heavy atom. The van der Waals surface area contributed by atoms with Gasteiger partial charge in [0.05, 0.1) is 0 Å². The molecule has 0 heterocycles. The molecule has 0 aliphatic heterocycles. The molecular formula is C30H46N2O4. The van der Waals surface area contributed by atoms with Gasteiger partial charge >= 0.3 is 12.0 Å². The van der Waals surface area contributed by atoms with E-state index in [9.17, 15) is 19.5 Å². The number of carboxylic acids is 1. The highest BCUT2D eigenvalue weighted by Gasteiger charge is 2.60. The van der Waals surface area contributed by atoms with Crippen LogP contribution in [0.4, 0.5) is 4.79 Å². The summed E-state index contributed by atoms with van der Waals surface area (Å²) in [4.78, 5) is 40.5. The van der Waals surface area contributed by atoms with Crippen molar-refractivity contribution in [2.75, 3.05) is 0 Å². The number of fused-ring (bicyclic) bond motifs is 5. The van der Waals surface area contributed by atoms with Crippen LogP contribution in [0.15, 0.2) is 23.3 Å². The second kappa shape index (κ2) is 8.73. The van der Waals surface area contributed by atoms with Crippen LogP contribution in [-0.2, 0) is 9.59 Å². The molecule has 2 fully saturated rings. The first-order chi connectivity index (χ1) is 16.5. The van der Waals surface area contributed by atoms with Crippen molar-refractivity contribution in [3.63, 3.8) is 0 Å². The Morgan fingerprint density at radius 1 is 1.00 bits per heavy atom. The standard InChI is InChI=1S/C30H46N2O4/c1-27(2,3)31-26(36)32(28(4,5)6)24(33)23-12-11-21-20-10-9-19-17-18(25(34)35)13-15-29(19,7)22(20)14-16-30(21,23)8/h9,17,20-23H,10-16H2,1-8H3,(H,31,36)(H,34,35)/t20-,21-,22-,23+,29-,30-/m0/s1. The van der Waals surface area contributed by atoms with E-state index in [1.807, 2.05) is 47.6 Å². The van der Waals surface area contributed by atoms with E-state index >= 15 is 0 Å². The van der Waals surface area contributed by atoms with Crippen LogP contribution >= 0.6 is 0 Å². The lowest BCUT2D eigenvalue weighted by Gasteiger charge is -2.57. The molecule has 200 valence electrons. The first-order valence-corrected chi connectivity index (χ1v) is 13.8. The summed E-state index contributed by atoms with van der Waals surface area (Å²) in [7, 11) is 0. The molecule has 6 nitrogen and oxygen atoms in total. The molecule has 0 radical (unpaired) electrons. The molecule has 6 heteroatoms. The van der Waals surface area contributed by atoms with E-state index < -0.39 is 17.0 Å². The van der Waals surface area contributed by atoms with Gasteiger partial charge in [-0.05, 0) is 127 Å². The number of carboxylic acid groups (broad SMARTS) is 1. The molecule has 4 aliphatic rings. The Balaban J connectivity index is 1.61. The maximum Gasteiger partial charge on any atom is 0.331 e. The fourth-order valence-electron chi connectivity index (χ4n) is 8.17. The Labute approximate surface area is 217 Å². The lowest BCUT2D eigenvalue weighted by molar-refractivity contribution is -0.143. The quantitative estimate of drug-likeness (QED) is 0.466. The first-order valence-electron chi connectivity index (χ1n) is 13.8. The molecular weight excluding hydrogens is 452 g/mol. The summed E-state index contributed by atoms with van der Waals surface area (Å²) < 4.78 is 0. The van der Waals surface area contributed by atoms with Crippen LogP contribution in [0.3, 0.4) is 0 Å². The monoisotopic (exact) mass is 498 g/mol. The molecule has 4 aliphatic carbocycles. The zero-order valence-electron chi connectivity index (χ0n) is 23.5. The average molecular weight is 499 g/mol. The molecule has 2 N–H and O–H groups in total. The normalized spacial score (nSPS) is 36.0. The highest BCUT2D eigenvalue weighted by molar-refractivity contribution is 5.97. The molecule has 0 spiro atoms. The molecule has 4 rings (SSSR count). The third-order valence-corrected chi connectivity index (χ3v) is 9.92. The Kier molecular flexibility index (Phi) is 6.53. The van der Waals surface area contributed by atoms with Crippen molar-refractivity contribution >= 4 is 17.9 Å². The van der Waals surface area contributed by atoms with Crippen molar-refractivity contribution in [2.24, 2.45) is 34.5 Å². The number of carbonyl (C=O) groups is 3. The van der Waals surface area contributed by atoms with Crippen LogP contribution in [0.1, 0.15) is 100 Å². The number of allylic oxidation sites excluding steroid dienone is 3. The number of rotatable bonds is 2. The van der Waals surface area contributed by atoms with E-state index in [0.717, 1.165) is 38.5 Å². The second-order valence-corrected chi connectivity index (χ2v) is 14.4. The van der Waals surface area contributed by atoms with Gasteiger partial charge in [0.25, 0.3) is 0 Å². The lowest BCUT2D eigenvalue weighted by Crippen LogP contribution is -2.60. The third kappa shape index (κ3) is 4.43. The summed E-state index contributed by atoms with van der Waals surface area (Å²) in [5.74, 6) is 0.471. The zero-order chi connectivity index (χ0) is 26.8. The van der Waals surface area contributed by atoms with Gasteiger partial charge in [-0.2, -0.15) is 0 Å². The molecule has 3 amide bonds. The van der Waals surface area contributed by atoms with Gasteiger partial charge in [-0.1, -0.05) is 19.9 Å². The fraction of sp³-hybridized carbons (Fsp3) is 0.767. The van der Waals surface area contributed by atoms with Crippen LogP contribution in [0, 0.1) is 34.5 Å². The molecule has 0 aromatic carbocycles. The average Bonchev–Trinajstić information content (AvgIpc) is 3.07. The van der Waals surface area contributed by atoms with Crippen LogP contribution in [0.2, 0.25) is 0 Å². The maximum atomic E-state index is 14.1. The van der Waals surface area contributed by atoms with Crippen molar-refractivity contribution in [3.8, 4) is 0 Å². The van der Waals surface area contributed by atoms with Gasteiger partial charge in [-0.3, -0.25) is 9.69 Å².